The van der Waals surface area contributed by atoms with E-state index in [0.717, 1.165) is 71.5 Å². The molecule has 10 rings (SSSR count). The van der Waals surface area contributed by atoms with Crippen molar-refractivity contribution in [2.45, 2.75) is 49.9 Å². The number of hydrogen-bond donors (Lipinski definition) is 6. The number of aromatic amines is 3. The van der Waals surface area contributed by atoms with E-state index in [9.17, 15) is 14.4 Å². The summed E-state index contributed by atoms with van der Waals surface area (Å²) >= 11 is 1.62. The summed E-state index contributed by atoms with van der Waals surface area (Å²) in [5, 5.41) is 30.2. The van der Waals surface area contributed by atoms with E-state index < -0.39 is 0 Å². The van der Waals surface area contributed by atoms with Gasteiger partial charge in [0.2, 0.25) is 0 Å². The van der Waals surface area contributed by atoms with E-state index in [4.69, 9.17) is 17.2 Å². The lowest BCUT2D eigenvalue weighted by Gasteiger charge is -2.15. The Labute approximate surface area is 398 Å². The van der Waals surface area contributed by atoms with Gasteiger partial charge in [-0.1, -0.05) is 91.0 Å². The van der Waals surface area contributed by atoms with Crippen LogP contribution in [0.15, 0.2) is 163 Å². The number of nitrogens with zero attached hydrogens (tertiary/aromatic N) is 3. The zero-order valence-electron chi connectivity index (χ0n) is 37.7. The molecule has 4 aromatic heterocycles. The summed E-state index contributed by atoms with van der Waals surface area (Å²) in [5.74, 6) is 0.0546. The highest BCUT2D eigenvalue weighted by Crippen LogP contribution is 2.27. The van der Waals surface area contributed by atoms with E-state index in [2.05, 4.69) is 54.9 Å². The van der Waals surface area contributed by atoms with Crippen molar-refractivity contribution in [1.82, 2.24) is 30.6 Å². The summed E-state index contributed by atoms with van der Waals surface area (Å²) in [6, 6.07) is 44.0. The molecule has 0 aliphatic carbocycles. The van der Waals surface area contributed by atoms with E-state index in [-0.39, 0.29) is 35.1 Å². The zero-order valence-corrected chi connectivity index (χ0v) is 38.5. The highest BCUT2D eigenvalue weighted by molar-refractivity contribution is 7.08. The van der Waals surface area contributed by atoms with Gasteiger partial charge in [-0.2, -0.15) is 26.6 Å². The number of carbonyl (C=O) groups is 3. The number of benzene rings is 6. The van der Waals surface area contributed by atoms with E-state index >= 15 is 0 Å². The van der Waals surface area contributed by atoms with Gasteiger partial charge in [0, 0.05) is 53.8 Å². The molecule has 0 spiro atoms. The fourth-order valence-electron chi connectivity index (χ4n) is 8.68. The molecule has 68 heavy (non-hydrogen) atoms. The van der Waals surface area contributed by atoms with Crippen LogP contribution in [0.5, 0.6) is 0 Å². The van der Waals surface area contributed by atoms with Crippen LogP contribution in [0.2, 0.25) is 0 Å². The second-order valence-corrected chi connectivity index (χ2v) is 17.7. The maximum atomic E-state index is 12.9. The first-order chi connectivity index (χ1) is 33.3. The lowest BCUT2D eigenvalue weighted by atomic mass is 9.88. The summed E-state index contributed by atoms with van der Waals surface area (Å²) in [7, 11) is 0. The average molecular weight is 922 g/mol. The topological polar surface area (TPSA) is 215 Å². The number of Topliss-reactive ketones (excluding diaryl/α,β-unsaturated/α-hetero) is 3. The monoisotopic (exact) mass is 921 g/mol. The summed E-state index contributed by atoms with van der Waals surface area (Å²) in [5.41, 5.74) is 26.4. The Kier molecular flexibility index (Phi) is 15.8. The molecule has 3 atom stereocenters. The van der Waals surface area contributed by atoms with Gasteiger partial charge in [-0.15, -0.1) is 0 Å². The van der Waals surface area contributed by atoms with Crippen LogP contribution in [0.4, 0.5) is 0 Å². The minimum Gasteiger partial charge on any atom is -0.330 e. The minimum absolute atomic E-state index is 0.0960. The average Bonchev–Trinajstić information content (AvgIpc) is 4.22. The van der Waals surface area contributed by atoms with Crippen LogP contribution in [-0.2, 0) is 33.6 Å². The first-order valence-electron chi connectivity index (χ1n) is 22.8. The quantitative estimate of drug-likeness (QED) is 0.0513. The maximum absolute atomic E-state index is 12.9. The van der Waals surface area contributed by atoms with Gasteiger partial charge in [0.25, 0.3) is 0 Å². The van der Waals surface area contributed by atoms with Crippen LogP contribution in [0.3, 0.4) is 0 Å². The number of rotatable bonds is 17. The van der Waals surface area contributed by atoms with Crippen molar-refractivity contribution in [3.63, 3.8) is 0 Å². The molecule has 344 valence electrons. The molecular formula is C55H55N9O3S. The molecule has 0 saturated carbocycles. The number of aromatic nitrogens is 6. The van der Waals surface area contributed by atoms with Crippen molar-refractivity contribution in [2.24, 2.45) is 17.2 Å². The standard InChI is InChI=1S/C21H19N3O.C18H19N3O.C16H17N3OS/c22-12-19(17-7-6-15-3-1-2-4-16(15)11-17)21(25)10-14-5-8-20-18(9-14)13-23-24-20;19-9-8-16(14-4-2-1-3-5-14)18(22)11-13-6-7-17-15(10-13)12-20-21-17;17-5-3-14(12-4-6-21-10-12)16(20)8-11-1-2-15-13(7-11)9-18-19-15/h1-9,11,13,19H,10,12,22H2,(H,23,24);1-7,10,12,16H,8-9,11,19H2,(H,20,21);1-2,4,6-7,9-10,14H,3,5,8,17H2,(H,18,19). The number of nitrogens with two attached hydrogens (primary N) is 3. The SMILES string of the molecule is NCC(C(=O)Cc1ccc2[nH]ncc2c1)c1ccc2ccccc2c1.NCCC(C(=O)Cc1ccc2[nH]ncc2c1)c1ccccc1.NCCC(C(=O)Cc1ccc2[nH]ncc2c1)c1ccsc1. The molecule has 0 radical (unpaired) electrons. The summed E-state index contributed by atoms with van der Waals surface area (Å²) < 4.78 is 0. The largest absolute Gasteiger partial charge is 0.330 e. The van der Waals surface area contributed by atoms with Crippen molar-refractivity contribution < 1.29 is 14.4 Å². The van der Waals surface area contributed by atoms with Gasteiger partial charge in [0.1, 0.15) is 17.3 Å². The third-order valence-electron chi connectivity index (χ3n) is 12.3. The predicted octanol–water partition coefficient (Wildman–Crippen LogP) is 9.25. The van der Waals surface area contributed by atoms with Gasteiger partial charge < -0.3 is 17.2 Å². The number of fused-ring (bicyclic) bond motifs is 4. The second-order valence-electron chi connectivity index (χ2n) is 16.9. The number of ketones is 3. The highest BCUT2D eigenvalue weighted by Gasteiger charge is 2.22. The van der Waals surface area contributed by atoms with E-state index in [1.54, 1.807) is 29.9 Å². The normalized spacial score (nSPS) is 12.5. The highest BCUT2D eigenvalue weighted by atomic mass is 32.1. The van der Waals surface area contributed by atoms with Gasteiger partial charge in [0.15, 0.2) is 0 Å². The second kappa shape index (κ2) is 22.9. The van der Waals surface area contributed by atoms with Crippen LogP contribution >= 0.6 is 11.3 Å². The maximum Gasteiger partial charge on any atom is 0.145 e. The number of hydrogen-bond acceptors (Lipinski definition) is 10. The van der Waals surface area contributed by atoms with E-state index in [1.165, 1.54) is 5.39 Å². The zero-order chi connectivity index (χ0) is 47.2. The lowest BCUT2D eigenvalue weighted by molar-refractivity contribution is -0.120. The smallest absolute Gasteiger partial charge is 0.145 e. The third-order valence-corrected chi connectivity index (χ3v) is 13.0. The molecule has 0 amide bonds. The Bertz CT molecular complexity index is 3230. The molecular weight excluding hydrogens is 867 g/mol. The molecule has 0 bridgehead atoms. The molecule has 6 aromatic carbocycles. The fourth-order valence-corrected chi connectivity index (χ4v) is 9.39. The third kappa shape index (κ3) is 11.7. The summed E-state index contributed by atoms with van der Waals surface area (Å²) in [4.78, 5) is 38.2. The Morgan fingerprint density at radius 2 is 0.926 bits per heavy atom. The Morgan fingerprint density at radius 3 is 1.40 bits per heavy atom. The van der Waals surface area contributed by atoms with Crippen LogP contribution in [0, 0.1) is 0 Å². The molecule has 0 aliphatic heterocycles. The molecule has 13 heteroatoms. The molecule has 4 heterocycles. The van der Waals surface area contributed by atoms with Crippen molar-refractivity contribution >= 4 is 72.2 Å². The van der Waals surface area contributed by atoms with Crippen molar-refractivity contribution in [1.29, 1.82) is 0 Å². The fraction of sp³-hybridized carbons (Fsp3) is 0.200. The minimum atomic E-state index is -0.287. The molecule has 0 saturated heterocycles. The van der Waals surface area contributed by atoms with Crippen LogP contribution in [0.1, 0.15) is 64.0 Å². The number of nitrogens with one attached hydrogen (secondary N) is 3. The van der Waals surface area contributed by atoms with E-state index in [0.29, 0.717) is 51.7 Å². The molecule has 3 unspecified atom stereocenters. The number of thiophene rings is 1. The van der Waals surface area contributed by atoms with Crippen LogP contribution < -0.4 is 17.2 Å². The van der Waals surface area contributed by atoms with Gasteiger partial charge in [-0.05, 0) is 123 Å². The Balaban J connectivity index is 0.000000139. The molecule has 0 aliphatic rings. The molecule has 9 N–H and O–H groups in total. The first kappa shape index (κ1) is 47.1. The van der Waals surface area contributed by atoms with Gasteiger partial charge in [-0.3, -0.25) is 29.7 Å². The predicted molar refractivity (Wildman–Crippen MR) is 274 cm³/mol. The lowest BCUT2D eigenvalue weighted by Crippen LogP contribution is -2.23. The van der Waals surface area contributed by atoms with Crippen molar-refractivity contribution in [2.75, 3.05) is 19.6 Å². The van der Waals surface area contributed by atoms with Crippen molar-refractivity contribution in [3.05, 3.63) is 196 Å². The van der Waals surface area contributed by atoms with Crippen LogP contribution in [-0.4, -0.2) is 67.6 Å². The first-order valence-corrected chi connectivity index (χ1v) is 23.7. The summed E-state index contributed by atoms with van der Waals surface area (Å²) in [6.07, 6.45) is 7.92. The van der Waals surface area contributed by atoms with Gasteiger partial charge >= 0.3 is 0 Å². The Hall–Kier alpha value is -7.42. The van der Waals surface area contributed by atoms with Gasteiger partial charge in [0.05, 0.1) is 41.1 Å². The molecule has 12 nitrogen and oxygen atoms in total. The van der Waals surface area contributed by atoms with Crippen molar-refractivity contribution in [3.8, 4) is 0 Å². The van der Waals surface area contributed by atoms with Gasteiger partial charge in [-0.25, -0.2) is 0 Å². The Morgan fingerprint density at radius 1 is 0.456 bits per heavy atom. The van der Waals surface area contributed by atoms with E-state index in [1.807, 2.05) is 120 Å². The number of H-pyrrole nitrogens is 3. The van der Waals surface area contributed by atoms with Crippen LogP contribution in [0.25, 0.3) is 43.5 Å². The molecule has 10 aromatic rings. The number of carbonyl (C=O) groups excluding carboxylic acids is 3. The summed E-state index contributed by atoms with van der Waals surface area (Å²) in [6.45, 7) is 1.34. The molecule has 0 fully saturated rings.